The molecule has 0 spiro atoms. The fourth-order valence-corrected chi connectivity index (χ4v) is 2.43. The van der Waals surface area contributed by atoms with Crippen LogP contribution in [0.2, 0.25) is 5.02 Å². The van der Waals surface area contributed by atoms with Crippen molar-refractivity contribution < 1.29 is 9.53 Å². The number of carbonyl (C=O) groups excluding carboxylic acids is 1. The number of hydrazone groups is 1. The standard InChI is InChI=1S/C20H17ClN2O2/c1-14(20(24)23-22-13-15-6-9-18(21)10-7-15)25-19-11-8-16-4-2-3-5-17(16)12-19/h2-14H,1H3,(H,23,24)/b22-13+. The SMILES string of the molecule is CC(Oc1ccc2ccccc2c1)C(=O)N/N=C/c1ccc(Cl)cc1. The summed E-state index contributed by atoms with van der Waals surface area (Å²) >= 11 is 5.82. The Balaban J connectivity index is 1.58. The van der Waals surface area contributed by atoms with Crippen LogP contribution < -0.4 is 10.2 Å². The molecule has 4 nitrogen and oxygen atoms in total. The predicted octanol–water partition coefficient (Wildman–Crippen LogP) is 4.41. The quantitative estimate of drug-likeness (QED) is 0.546. The lowest BCUT2D eigenvalue weighted by molar-refractivity contribution is -0.127. The van der Waals surface area contributed by atoms with Crippen LogP contribution in [0.4, 0.5) is 0 Å². The molecular formula is C20H17ClN2O2. The largest absolute Gasteiger partial charge is 0.481 e. The zero-order valence-corrected chi connectivity index (χ0v) is 14.4. The molecule has 0 bridgehead atoms. The van der Waals surface area contributed by atoms with Gasteiger partial charge in [-0.1, -0.05) is 54.1 Å². The van der Waals surface area contributed by atoms with Gasteiger partial charge in [0.2, 0.25) is 0 Å². The van der Waals surface area contributed by atoms with Gasteiger partial charge in [-0.3, -0.25) is 4.79 Å². The van der Waals surface area contributed by atoms with E-state index < -0.39 is 6.10 Å². The molecule has 0 saturated heterocycles. The van der Waals surface area contributed by atoms with Gasteiger partial charge in [0.1, 0.15) is 5.75 Å². The van der Waals surface area contributed by atoms with Crippen LogP contribution in [-0.2, 0) is 4.79 Å². The third-order valence-corrected chi connectivity index (χ3v) is 3.91. The lowest BCUT2D eigenvalue weighted by Gasteiger charge is -2.13. The Labute approximate surface area is 151 Å². The van der Waals surface area contributed by atoms with Crippen LogP contribution in [0.1, 0.15) is 12.5 Å². The van der Waals surface area contributed by atoms with Crippen molar-refractivity contribution in [2.45, 2.75) is 13.0 Å². The van der Waals surface area contributed by atoms with E-state index in [1.807, 2.05) is 54.6 Å². The summed E-state index contributed by atoms with van der Waals surface area (Å²) in [6.07, 6.45) is 0.889. The highest BCUT2D eigenvalue weighted by molar-refractivity contribution is 6.30. The molecule has 126 valence electrons. The summed E-state index contributed by atoms with van der Waals surface area (Å²) in [6, 6.07) is 20.9. The van der Waals surface area contributed by atoms with Gasteiger partial charge in [0, 0.05) is 5.02 Å². The minimum absolute atomic E-state index is 0.321. The number of amides is 1. The van der Waals surface area contributed by atoms with Gasteiger partial charge in [-0.25, -0.2) is 5.43 Å². The molecule has 0 fully saturated rings. The van der Waals surface area contributed by atoms with Gasteiger partial charge in [0.15, 0.2) is 6.10 Å². The molecule has 3 rings (SSSR count). The third-order valence-electron chi connectivity index (χ3n) is 3.66. The molecule has 0 aliphatic rings. The van der Waals surface area contributed by atoms with Crippen LogP contribution in [0, 0.1) is 0 Å². The van der Waals surface area contributed by atoms with Crippen molar-refractivity contribution in [1.29, 1.82) is 0 Å². The monoisotopic (exact) mass is 352 g/mol. The minimum atomic E-state index is -0.663. The maximum atomic E-state index is 12.1. The van der Waals surface area contributed by atoms with E-state index in [1.54, 1.807) is 25.3 Å². The van der Waals surface area contributed by atoms with Crippen molar-refractivity contribution in [3.8, 4) is 5.75 Å². The van der Waals surface area contributed by atoms with E-state index in [0.29, 0.717) is 10.8 Å². The Hall–Kier alpha value is -2.85. The number of nitrogens with one attached hydrogen (secondary N) is 1. The first-order valence-electron chi connectivity index (χ1n) is 7.86. The highest BCUT2D eigenvalue weighted by atomic mass is 35.5. The van der Waals surface area contributed by atoms with Gasteiger partial charge < -0.3 is 4.74 Å². The van der Waals surface area contributed by atoms with Crippen LogP contribution in [-0.4, -0.2) is 18.2 Å². The molecule has 25 heavy (non-hydrogen) atoms. The lowest BCUT2D eigenvalue weighted by Crippen LogP contribution is -2.33. The summed E-state index contributed by atoms with van der Waals surface area (Å²) in [7, 11) is 0. The maximum Gasteiger partial charge on any atom is 0.280 e. The smallest absolute Gasteiger partial charge is 0.280 e. The van der Waals surface area contributed by atoms with Crippen molar-refractivity contribution in [1.82, 2.24) is 5.43 Å². The zero-order valence-electron chi connectivity index (χ0n) is 13.6. The average molecular weight is 353 g/mol. The maximum absolute atomic E-state index is 12.1. The molecule has 0 radical (unpaired) electrons. The third kappa shape index (κ3) is 4.58. The summed E-state index contributed by atoms with van der Waals surface area (Å²) in [5.41, 5.74) is 3.32. The molecule has 0 saturated carbocycles. The molecule has 1 amide bonds. The molecule has 0 aliphatic carbocycles. The number of hydrogen-bond donors (Lipinski definition) is 1. The molecule has 1 unspecified atom stereocenters. The first kappa shape index (κ1) is 17.0. The molecule has 5 heteroatoms. The van der Waals surface area contributed by atoms with E-state index in [-0.39, 0.29) is 5.91 Å². The van der Waals surface area contributed by atoms with E-state index in [0.717, 1.165) is 16.3 Å². The van der Waals surface area contributed by atoms with Crippen molar-refractivity contribution in [3.63, 3.8) is 0 Å². The Morgan fingerprint density at radius 3 is 2.56 bits per heavy atom. The van der Waals surface area contributed by atoms with E-state index in [2.05, 4.69) is 10.5 Å². The molecule has 0 heterocycles. The van der Waals surface area contributed by atoms with E-state index in [1.165, 1.54) is 0 Å². The van der Waals surface area contributed by atoms with Gasteiger partial charge in [-0.2, -0.15) is 5.10 Å². The second kappa shape index (κ2) is 7.81. The van der Waals surface area contributed by atoms with Crippen molar-refractivity contribution >= 4 is 34.5 Å². The second-order valence-electron chi connectivity index (χ2n) is 5.55. The van der Waals surface area contributed by atoms with Crippen molar-refractivity contribution in [2.24, 2.45) is 5.10 Å². The number of benzene rings is 3. The Morgan fingerprint density at radius 2 is 1.80 bits per heavy atom. The molecule has 1 atom stereocenters. The second-order valence-corrected chi connectivity index (χ2v) is 5.99. The molecule has 3 aromatic carbocycles. The minimum Gasteiger partial charge on any atom is -0.481 e. The summed E-state index contributed by atoms with van der Waals surface area (Å²) in [5, 5.41) is 6.78. The molecule has 1 N–H and O–H groups in total. The highest BCUT2D eigenvalue weighted by Gasteiger charge is 2.14. The van der Waals surface area contributed by atoms with E-state index in [9.17, 15) is 4.79 Å². The van der Waals surface area contributed by atoms with E-state index in [4.69, 9.17) is 16.3 Å². The van der Waals surface area contributed by atoms with Gasteiger partial charge in [-0.05, 0) is 47.5 Å². The van der Waals surface area contributed by atoms with Crippen molar-refractivity contribution in [3.05, 3.63) is 77.3 Å². The predicted molar refractivity (Wildman–Crippen MR) is 101 cm³/mol. The Kier molecular flexibility index (Phi) is 5.31. The first-order valence-corrected chi connectivity index (χ1v) is 8.23. The fraction of sp³-hybridized carbons (Fsp3) is 0.100. The number of carbonyl (C=O) groups is 1. The summed E-state index contributed by atoms with van der Waals surface area (Å²) < 4.78 is 5.70. The average Bonchev–Trinajstić information content (AvgIpc) is 2.63. The Morgan fingerprint density at radius 1 is 1.08 bits per heavy atom. The molecule has 0 aromatic heterocycles. The molecule has 3 aromatic rings. The number of rotatable bonds is 5. The van der Waals surface area contributed by atoms with Crippen LogP contribution in [0.3, 0.4) is 0 Å². The first-order chi connectivity index (χ1) is 12.1. The zero-order chi connectivity index (χ0) is 17.6. The van der Waals surface area contributed by atoms with Crippen LogP contribution >= 0.6 is 11.6 Å². The summed E-state index contributed by atoms with van der Waals surface area (Å²) in [6.45, 7) is 1.68. The number of fused-ring (bicyclic) bond motifs is 1. The fourth-order valence-electron chi connectivity index (χ4n) is 2.31. The van der Waals surface area contributed by atoms with Crippen LogP contribution in [0.25, 0.3) is 10.8 Å². The normalized spacial score (nSPS) is 12.2. The number of nitrogens with zero attached hydrogens (tertiary/aromatic N) is 1. The van der Waals surface area contributed by atoms with Crippen LogP contribution in [0.15, 0.2) is 71.8 Å². The van der Waals surface area contributed by atoms with Gasteiger partial charge in [-0.15, -0.1) is 0 Å². The van der Waals surface area contributed by atoms with Crippen molar-refractivity contribution in [2.75, 3.05) is 0 Å². The number of halogens is 1. The highest BCUT2D eigenvalue weighted by Crippen LogP contribution is 2.21. The lowest BCUT2D eigenvalue weighted by atomic mass is 10.1. The summed E-state index contributed by atoms with van der Waals surface area (Å²) in [4.78, 5) is 12.1. The van der Waals surface area contributed by atoms with Gasteiger partial charge in [0.05, 0.1) is 6.21 Å². The van der Waals surface area contributed by atoms with E-state index >= 15 is 0 Å². The topological polar surface area (TPSA) is 50.7 Å². The van der Waals surface area contributed by atoms with Gasteiger partial charge >= 0.3 is 0 Å². The summed E-state index contributed by atoms with van der Waals surface area (Å²) in [5.74, 6) is 0.321. The molecule has 0 aliphatic heterocycles. The van der Waals surface area contributed by atoms with Gasteiger partial charge in [0.25, 0.3) is 5.91 Å². The molecular weight excluding hydrogens is 336 g/mol. The number of hydrogen-bond acceptors (Lipinski definition) is 3. The Bertz CT molecular complexity index is 907. The number of ether oxygens (including phenoxy) is 1. The van der Waals surface area contributed by atoms with Crippen LogP contribution in [0.5, 0.6) is 5.75 Å².